The molecule has 2 rings (SSSR count). The third-order valence-electron chi connectivity index (χ3n) is 2.78. The van der Waals surface area contributed by atoms with Crippen LogP contribution in [0.2, 0.25) is 0 Å². The fourth-order valence-corrected chi connectivity index (χ4v) is 1.79. The third kappa shape index (κ3) is 3.85. The SMILES string of the molecule is CCNc1ccc(N=Cc2ccc(F)cc2)cc1[N+](=O)[O-]. The number of hydrogen-bond acceptors (Lipinski definition) is 4. The van der Waals surface area contributed by atoms with Crippen molar-refractivity contribution in [3.05, 3.63) is 64.0 Å². The summed E-state index contributed by atoms with van der Waals surface area (Å²) in [5, 5.41) is 14.0. The first-order valence-electron chi connectivity index (χ1n) is 6.42. The van der Waals surface area contributed by atoms with Crippen LogP contribution < -0.4 is 5.32 Å². The Labute approximate surface area is 121 Å². The van der Waals surface area contributed by atoms with Crippen LogP contribution in [-0.4, -0.2) is 17.7 Å². The highest BCUT2D eigenvalue weighted by atomic mass is 19.1. The Morgan fingerprint density at radius 2 is 2.00 bits per heavy atom. The predicted octanol–water partition coefficient (Wildman–Crippen LogP) is 3.92. The Hall–Kier alpha value is -2.76. The van der Waals surface area contributed by atoms with Gasteiger partial charge in [0.25, 0.3) is 5.69 Å². The molecule has 108 valence electrons. The molecule has 6 heteroatoms. The molecule has 0 bridgehead atoms. The van der Waals surface area contributed by atoms with Gasteiger partial charge in [-0.2, -0.15) is 0 Å². The molecule has 0 heterocycles. The first kappa shape index (κ1) is 14.6. The lowest BCUT2D eigenvalue weighted by Gasteiger charge is -2.04. The molecule has 0 aliphatic rings. The van der Waals surface area contributed by atoms with Gasteiger partial charge in [0.2, 0.25) is 0 Å². The zero-order valence-electron chi connectivity index (χ0n) is 11.4. The van der Waals surface area contributed by atoms with Gasteiger partial charge in [-0.3, -0.25) is 15.1 Å². The molecule has 0 unspecified atom stereocenters. The lowest BCUT2D eigenvalue weighted by Crippen LogP contribution is -2.00. The molecule has 0 fully saturated rings. The minimum absolute atomic E-state index is 0.0226. The van der Waals surface area contributed by atoms with Crippen LogP contribution in [-0.2, 0) is 0 Å². The minimum Gasteiger partial charge on any atom is -0.380 e. The highest BCUT2D eigenvalue weighted by molar-refractivity contribution is 5.82. The minimum atomic E-state index is -0.449. The van der Waals surface area contributed by atoms with E-state index in [4.69, 9.17) is 0 Å². The molecule has 0 amide bonds. The number of nitro groups is 1. The van der Waals surface area contributed by atoms with Crippen LogP contribution in [0, 0.1) is 15.9 Å². The average Bonchev–Trinajstić information content (AvgIpc) is 2.48. The highest BCUT2D eigenvalue weighted by Gasteiger charge is 2.13. The number of nitrogens with zero attached hydrogens (tertiary/aromatic N) is 2. The van der Waals surface area contributed by atoms with Gasteiger partial charge in [0.15, 0.2) is 0 Å². The van der Waals surface area contributed by atoms with E-state index in [1.165, 1.54) is 24.4 Å². The summed E-state index contributed by atoms with van der Waals surface area (Å²) < 4.78 is 12.8. The van der Waals surface area contributed by atoms with Crippen LogP contribution in [0.25, 0.3) is 0 Å². The van der Waals surface area contributed by atoms with E-state index in [9.17, 15) is 14.5 Å². The van der Waals surface area contributed by atoms with Crippen LogP contribution in [0.4, 0.5) is 21.5 Å². The summed E-state index contributed by atoms with van der Waals surface area (Å²) in [4.78, 5) is 14.8. The van der Waals surface area contributed by atoms with Gasteiger partial charge < -0.3 is 5.32 Å². The summed E-state index contributed by atoms with van der Waals surface area (Å²) in [6, 6.07) is 10.5. The van der Waals surface area contributed by atoms with E-state index < -0.39 is 4.92 Å². The predicted molar refractivity (Wildman–Crippen MR) is 80.9 cm³/mol. The van der Waals surface area contributed by atoms with Gasteiger partial charge in [-0.25, -0.2) is 4.39 Å². The summed E-state index contributed by atoms with van der Waals surface area (Å²) in [7, 11) is 0. The van der Waals surface area contributed by atoms with Gasteiger partial charge in [0, 0.05) is 18.8 Å². The van der Waals surface area contributed by atoms with Crippen molar-refractivity contribution in [2.24, 2.45) is 4.99 Å². The molecule has 0 aliphatic heterocycles. The van der Waals surface area contributed by atoms with E-state index >= 15 is 0 Å². The van der Waals surface area contributed by atoms with E-state index in [1.54, 1.807) is 24.3 Å². The highest BCUT2D eigenvalue weighted by Crippen LogP contribution is 2.29. The molecule has 2 aromatic rings. The standard InChI is InChI=1S/C15H14FN3O2/c1-2-17-14-8-7-13(9-15(14)19(20)21)18-10-11-3-5-12(16)6-4-11/h3-10,17H,2H2,1H3. The third-order valence-corrected chi connectivity index (χ3v) is 2.78. The van der Waals surface area contributed by atoms with E-state index in [2.05, 4.69) is 10.3 Å². The Kier molecular flexibility index (Phi) is 4.61. The van der Waals surface area contributed by atoms with Crippen LogP contribution in [0.5, 0.6) is 0 Å². The molecule has 0 saturated carbocycles. The molecular formula is C15H14FN3O2. The number of nitro benzene ring substituents is 1. The second-order valence-corrected chi connectivity index (χ2v) is 4.30. The zero-order valence-corrected chi connectivity index (χ0v) is 11.4. The first-order chi connectivity index (χ1) is 10.1. The van der Waals surface area contributed by atoms with Crippen LogP contribution in [0.15, 0.2) is 47.5 Å². The number of aliphatic imine (C=N–C) groups is 1. The number of hydrogen-bond donors (Lipinski definition) is 1. The molecule has 0 saturated heterocycles. The van der Waals surface area contributed by atoms with Crippen molar-refractivity contribution in [2.45, 2.75) is 6.92 Å². The van der Waals surface area contributed by atoms with Gasteiger partial charge in [-0.1, -0.05) is 12.1 Å². The molecule has 0 aliphatic carbocycles. The van der Waals surface area contributed by atoms with E-state index in [1.807, 2.05) is 6.92 Å². The molecule has 0 aromatic heterocycles. The fraction of sp³-hybridized carbons (Fsp3) is 0.133. The normalized spacial score (nSPS) is 10.8. The fourth-order valence-electron chi connectivity index (χ4n) is 1.79. The Bertz CT molecular complexity index is 669. The Morgan fingerprint density at radius 3 is 2.62 bits per heavy atom. The van der Waals surface area contributed by atoms with Crippen molar-refractivity contribution in [1.29, 1.82) is 0 Å². The largest absolute Gasteiger partial charge is 0.380 e. The Balaban J connectivity index is 2.26. The monoisotopic (exact) mass is 287 g/mol. The van der Waals surface area contributed by atoms with Crippen molar-refractivity contribution in [3.63, 3.8) is 0 Å². The summed E-state index contributed by atoms with van der Waals surface area (Å²) in [5.74, 6) is -0.321. The second-order valence-electron chi connectivity index (χ2n) is 4.30. The maximum absolute atomic E-state index is 12.8. The molecule has 0 radical (unpaired) electrons. The molecule has 21 heavy (non-hydrogen) atoms. The lowest BCUT2D eigenvalue weighted by atomic mass is 10.2. The topological polar surface area (TPSA) is 67.5 Å². The summed E-state index contributed by atoms with van der Waals surface area (Å²) >= 11 is 0. The molecule has 5 nitrogen and oxygen atoms in total. The number of nitrogens with one attached hydrogen (secondary N) is 1. The number of benzene rings is 2. The first-order valence-corrected chi connectivity index (χ1v) is 6.42. The number of rotatable bonds is 5. The number of anilines is 1. The smallest absolute Gasteiger partial charge is 0.294 e. The summed E-state index contributed by atoms with van der Waals surface area (Å²) in [5.41, 5.74) is 1.62. The summed E-state index contributed by atoms with van der Waals surface area (Å²) in [6.07, 6.45) is 1.53. The molecular weight excluding hydrogens is 273 g/mol. The van der Waals surface area contributed by atoms with Crippen LogP contribution in [0.3, 0.4) is 0 Å². The van der Waals surface area contributed by atoms with Crippen LogP contribution in [0.1, 0.15) is 12.5 Å². The van der Waals surface area contributed by atoms with Gasteiger partial charge in [-0.05, 0) is 36.8 Å². The van der Waals surface area contributed by atoms with Crippen molar-refractivity contribution in [3.8, 4) is 0 Å². The molecule has 0 atom stereocenters. The maximum Gasteiger partial charge on any atom is 0.294 e. The van der Waals surface area contributed by atoms with Gasteiger partial charge >= 0.3 is 0 Å². The average molecular weight is 287 g/mol. The number of halogens is 1. The maximum atomic E-state index is 12.8. The zero-order chi connectivity index (χ0) is 15.2. The van der Waals surface area contributed by atoms with Gasteiger partial charge in [0.05, 0.1) is 10.6 Å². The van der Waals surface area contributed by atoms with Gasteiger partial charge in [0.1, 0.15) is 11.5 Å². The van der Waals surface area contributed by atoms with Crippen molar-refractivity contribution < 1.29 is 9.31 Å². The van der Waals surface area contributed by atoms with Crippen molar-refractivity contribution in [2.75, 3.05) is 11.9 Å². The van der Waals surface area contributed by atoms with Crippen molar-refractivity contribution in [1.82, 2.24) is 0 Å². The van der Waals surface area contributed by atoms with Crippen molar-refractivity contribution >= 4 is 23.3 Å². The lowest BCUT2D eigenvalue weighted by molar-refractivity contribution is -0.383. The molecule has 2 aromatic carbocycles. The second kappa shape index (κ2) is 6.60. The molecule has 0 spiro atoms. The summed E-state index contributed by atoms with van der Waals surface area (Å²) in [6.45, 7) is 2.46. The van der Waals surface area contributed by atoms with Crippen LogP contribution >= 0.6 is 0 Å². The quantitative estimate of drug-likeness (QED) is 0.515. The van der Waals surface area contributed by atoms with Gasteiger partial charge in [-0.15, -0.1) is 0 Å². The van der Waals surface area contributed by atoms with E-state index in [0.717, 1.165) is 5.56 Å². The Morgan fingerprint density at radius 1 is 1.29 bits per heavy atom. The van der Waals surface area contributed by atoms with E-state index in [0.29, 0.717) is 17.9 Å². The van der Waals surface area contributed by atoms with E-state index in [-0.39, 0.29) is 11.5 Å². The molecule has 1 N–H and O–H groups in total.